The molecule has 16 atom stereocenters. The first-order valence-electron chi connectivity index (χ1n) is 22.9. The number of aliphatic hydroxyl groups is 4. The lowest BCUT2D eigenvalue weighted by molar-refractivity contribution is -0.292. The number of aromatic nitrogens is 2. The third-order valence-electron chi connectivity index (χ3n) is 13.3. The number of carbonyl (C=O) groups excluding carboxylic acids is 2. The minimum atomic E-state index is -1.74. The molecule has 0 aliphatic carbocycles. The van der Waals surface area contributed by atoms with Crippen LogP contribution in [0.5, 0.6) is 0 Å². The van der Waals surface area contributed by atoms with Gasteiger partial charge in [-0.3, -0.25) is 14.6 Å². The van der Waals surface area contributed by atoms with E-state index in [1.54, 1.807) is 21.0 Å². The Kier molecular flexibility index (Phi) is 21.2. The van der Waals surface area contributed by atoms with Gasteiger partial charge in [-0.15, -0.1) is 0 Å². The lowest BCUT2D eigenvalue weighted by atomic mass is 9.77. The van der Waals surface area contributed by atoms with Gasteiger partial charge in [0, 0.05) is 76.5 Å². The van der Waals surface area contributed by atoms with E-state index in [2.05, 4.69) is 41.2 Å². The quantitative estimate of drug-likeness (QED) is 0.159. The molecular weight excluding hydrogens is 815 g/mol. The van der Waals surface area contributed by atoms with E-state index in [0.29, 0.717) is 50.9 Å². The first-order chi connectivity index (χ1) is 29.4. The van der Waals surface area contributed by atoms with Gasteiger partial charge >= 0.3 is 5.97 Å². The smallest absolute Gasteiger partial charge is 0.311 e. The summed E-state index contributed by atoms with van der Waals surface area (Å²) >= 11 is 0. The van der Waals surface area contributed by atoms with Crippen molar-refractivity contribution in [3.8, 4) is 0 Å². The van der Waals surface area contributed by atoms with Crippen LogP contribution in [0.15, 0.2) is 18.6 Å². The second kappa shape index (κ2) is 24.4. The zero-order valence-corrected chi connectivity index (χ0v) is 40.7. The molecule has 1 aromatic rings. The van der Waals surface area contributed by atoms with Gasteiger partial charge in [0.2, 0.25) is 0 Å². The molecule has 17 heteroatoms. The Morgan fingerprint density at radius 1 is 0.984 bits per heavy atom. The molecule has 0 aromatic carbocycles. The number of likely N-dealkylation sites (N-methyl/N-ethyl adjacent to an activating group) is 1. The first-order valence-corrected chi connectivity index (χ1v) is 22.9. The van der Waals surface area contributed by atoms with Crippen molar-refractivity contribution in [2.75, 3.05) is 47.9 Å². The summed E-state index contributed by atoms with van der Waals surface area (Å²) in [6, 6.07) is -0.245. The second-order valence-corrected chi connectivity index (χ2v) is 19.5. The number of aliphatic hydroxyl groups excluding tert-OH is 2. The van der Waals surface area contributed by atoms with Gasteiger partial charge < -0.3 is 64.0 Å². The molecule has 3 fully saturated rings. The Labute approximate surface area is 376 Å². The number of hydrogen-bond donors (Lipinski definition) is 5. The average Bonchev–Trinajstić information content (AvgIpc) is 3.22. The van der Waals surface area contributed by atoms with Crippen LogP contribution in [0.2, 0.25) is 0 Å². The zero-order valence-electron chi connectivity index (χ0n) is 40.7. The molecule has 17 nitrogen and oxygen atoms in total. The molecule has 63 heavy (non-hydrogen) atoms. The van der Waals surface area contributed by atoms with Gasteiger partial charge in [0.25, 0.3) is 5.91 Å². The summed E-state index contributed by atoms with van der Waals surface area (Å²) < 4.78 is 38.3. The Balaban J connectivity index is 0.000000692. The predicted molar refractivity (Wildman–Crippen MR) is 237 cm³/mol. The van der Waals surface area contributed by atoms with Crippen LogP contribution >= 0.6 is 0 Å². The van der Waals surface area contributed by atoms with Crippen molar-refractivity contribution < 1.29 is 58.4 Å². The fourth-order valence-electron chi connectivity index (χ4n) is 9.52. The van der Waals surface area contributed by atoms with Gasteiger partial charge in [0.05, 0.1) is 47.7 Å². The lowest BCUT2D eigenvalue weighted by Crippen LogP contribution is -2.59. The number of nitrogens with one attached hydrogen (secondary N) is 1. The molecule has 4 rings (SSSR count). The number of esters is 1. The lowest BCUT2D eigenvalue weighted by Gasteiger charge is -2.47. The minimum Gasteiger partial charge on any atom is -0.459 e. The van der Waals surface area contributed by atoms with Gasteiger partial charge in [-0.25, -0.2) is 4.98 Å². The Morgan fingerprint density at radius 2 is 1.65 bits per heavy atom. The summed E-state index contributed by atoms with van der Waals surface area (Å²) in [7, 11) is 7.67. The van der Waals surface area contributed by atoms with E-state index in [0.717, 1.165) is 6.42 Å². The van der Waals surface area contributed by atoms with Crippen molar-refractivity contribution in [3.05, 3.63) is 24.3 Å². The number of hydrogen-bond acceptors (Lipinski definition) is 16. The normalized spacial score (nSPS) is 40.2. The fraction of sp³-hybridized carbons (Fsp3) is 0.870. The Bertz CT molecular complexity index is 1530. The molecule has 5 N–H and O–H groups in total. The van der Waals surface area contributed by atoms with Gasteiger partial charge in [0.15, 0.2) is 12.6 Å². The fourth-order valence-corrected chi connectivity index (χ4v) is 9.52. The third-order valence-corrected chi connectivity index (χ3v) is 13.3. The molecule has 3 aliphatic heterocycles. The molecule has 4 heterocycles. The van der Waals surface area contributed by atoms with E-state index >= 15 is 0 Å². The highest BCUT2D eigenvalue weighted by Crippen LogP contribution is 2.40. The molecule has 10 unspecified atom stereocenters. The van der Waals surface area contributed by atoms with E-state index in [9.17, 15) is 24.9 Å². The number of methoxy groups -OCH3 is 1. The number of carbonyl (C=O) groups is 2. The largest absolute Gasteiger partial charge is 0.459 e. The second-order valence-electron chi connectivity index (χ2n) is 19.5. The van der Waals surface area contributed by atoms with Crippen LogP contribution in [0.4, 0.5) is 0 Å². The van der Waals surface area contributed by atoms with E-state index in [4.69, 9.17) is 33.5 Å². The van der Waals surface area contributed by atoms with Crippen molar-refractivity contribution in [2.24, 2.45) is 17.8 Å². The number of ether oxygens (including phenoxy) is 6. The van der Waals surface area contributed by atoms with Crippen molar-refractivity contribution in [2.45, 2.75) is 192 Å². The Hall–Kier alpha value is -2.42. The molecule has 3 aliphatic rings. The summed E-state index contributed by atoms with van der Waals surface area (Å²) in [5.41, 5.74) is -3.32. The maximum Gasteiger partial charge on any atom is 0.311 e. The number of cyclic esters (lactones) is 1. The van der Waals surface area contributed by atoms with E-state index in [1.165, 1.54) is 25.5 Å². The maximum absolute atomic E-state index is 14.2. The van der Waals surface area contributed by atoms with Gasteiger partial charge in [-0.1, -0.05) is 20.8 Å². The summed E-state index contributed by atoms with van der Waals surface area (Å²) in [6.45, 7) is 19.8. The molecule has 0 radical (unpaired) electrons. The van der Waals surface area contributed by atoms with Crippen LogP contribution in [-0.4, -0.2) is 178 Å². The van der Waals surface area contributed by atoms with Gasteiger partial charge in [-0.05, 0) is 101 Å². The number of amides is 1. The summed E-state index contributed by atoms with van der Waals surface area (Å²) in [4.78, 5) is 37.1. The molecule has 364 valence electrons. The van der Waals surface area contributed by atoms with Crippen molar-refractivity contribution in [3.63, 3.8) is 0 Å². The molecule has 0 saturated carbocycles. The highest BCUT2D eigenvalue weighted by atomic mass is 16.7. The average molecular weight is 898 g/mol. The minimum absolute atomic E-state index is 0.0414. The Morgan fingerprint density at radius 3 is 2.24 bits per heavy atom. The molecule has 3 saturated heterocycles. The molecule has 0 bridgehead atoms. The van der Waals surface area contributed by atoms with Crippen molar-refractivity contribution >= 4 is 11.9 Å². The van der Waals surface area contributed by atoms with Crippen LogP contribution in [0.1, 0.15) is 125 Å². The van der Waals surface area contributed by atoms with Crippen LogP contribution in [0.25, 0.3) is 0 Å². The summed E-state index contributed by atoms with van der Waals surface area (Å²) in [5.74, 6) is -2.31. The van der Waals surface area contributed by atoms with Crippen LogP contribution in [-0.2, 0) is 33.2 Å². The van der Waals surface area contributed by atoms with E-state index in [-0.39, 0.29) is 43.1 Å². The standard InChI is InChI=1S/C38H72N2O10.C8H11N3O2/c1-15-29-38(10,44)33(41)27(7)40(13)21-22(2)18-37(9,43)34(50-30-17-28(39(11)12)16-23(3)46-30)25(5)32(26(6)35(42)48-29)49-31-20-36(8,45-14)19-24(4)47-31;12-5-1-2-11-8(13)7-6-9-3-4-10-7/h22-34,41,43-44H,15-21H2,1-14H3;3-4,6,12H,1-2,5H2,(H,11,13)/t22-,23?,24?,25+,26?,27?,28?,29-,30?,31+,32+,33?,34-,36?,37?,38?;/m1./s1. The predicted octanol–water partition coefficient (Wildman–Crippen LogP) is 3.55. The first kappa shape index (κ1) is 54.9. The van der Waals surface area contributed by atoms with Crippen molar-refractivity contribution in [1.82, 2.24) is 25.1 Å². The van der Waals surface area contributed by atoms with E-state index in [1.807, 2.05) is 53.5 Å². The van der Waals surface area contributed by atoms with Crippen LogP contribution in [0.3, 0.4) is 0 Å². The molecule has 1 aromatic heterocycles. The van der Waals surface area contributed by atoms with Crippen molar-refractivity contribution in [1.29, 1.82) is 0 Å². The van der Waals surface area contributed by atoms with Crippen LogP contribution in [0, 0.1) is 17.8 Å². The molecule has 1 amide bonds. The zero-order chi connectivity index (χ0) is 47.4. The highest BCUT2D eigenvalue weighted by molar-refractivity contribution is 5.91. The molecule has 0 spiro atoms. The molecular formula is C46H83N5O12. The van der Waals surface area contributed by atoms with Crippen LogP contribution < -0.4 is 5.32 Å². The number of rotatable bonds is 11. The maximum atomic E-state index is 14.2. The topological polar surface area (TPSA) is 215 Å². The highest BCUT2D eigenvalue weighted by Gasteiger charge is 2.50. The third kappa shape index (κ3) is 15.6. The SMILES string of the molecule is CC[C@H]1OC(=O)C(C)[C@@H](O[C@H]2CC(C)(OC)CC(C)O2)[C@H](C)[C@@H](OC2CC(N(C)C)CC(C)O2)C(C)(O)C[C@@H](C)CN(C)C(C)C(O)C1(C)O.O=C(NCCCO)c1cnccn1. The summed E-state index contributed by atoms with van der Waals surface area (Å²) in [5, 5.41) is 46.8. The summed E-state index contributed by atoms with van der Waals surface area (Å²) in [6.07, 6.45) is 2.79. The van der Waals surface area contributed by atoms with Gasteiger partial charge in [-0.2, -0.15) is 0 Å². The van der Waals surface area contributed by atoms with Gasteiger partial charge in [0.1, 0.15) is 23.5 Å². The number of nitrogens with zero attached hydrogens (tertiary/aromatic N) is 4. The van der Waals surface area contributed by atoms with E-state index < -0.39 is 77.6 Å². The monoisotopic (exact) mass is 898 g/mol.